The van der Waals surface area contributed by atoms with Gasteiger partial charge in [0, 0.05) is 17.6 Å². The molecular formula is C7H5NO3. The first-order valence-corrected chi connectivity index (χ1v) is 3.07. The lowest BCUT2D eigenvalue weighted by atomic mass is 10.4. The van der Waals surface area contributed by atoms with Crippen molar-refractivity contribution in [1.29, 1.82) is 0 Å². The molecule has 2 rings (SSSR count). The molecular weight excluding hydrogens is 146 g/mol. The van der Waals surface area contributed by atoms with Crippen LogP contribution in [0.1, 0.15) is 10.6 Å². The number of rotatable bonds is 1. The average Bonchev–Trinajstić information content (AvgIpc) is 2.40. The van der Waals surface area contributed by atoms with Crippen molar-refractivity contribution in [3.8, 4) is 0 Å². The predicted octanol–water partition coefficient (Wildman–Crippen LogP) is 1.46. The Morgan fingerprint density at radius 2 is 2.45 bits per heavy atom. The zero-order chi connectivity index (χ0) is 7.84. The van der Waals surface area contributed by atoms with Crippen LogP contribution in [0.2, 0.25) is 0 Å². The van der Waals surface area contributed by atoms with Crippen LogP contribution in [-0.4, -0.2) is 16.1 Å². The molecule has 0 atom stereocenters. The molecule has 11 heavy (non-hydrogen) atoms. The number of carboxylic acid groups (broad SMARTS) is 1. The molecule has 2 N–H and O–H groups in total. The molecule has 0 amide bonds. The first-order chi connectivity index (χ1) is 5.27. The van der Waals surface area contributed by atoms with Gasteiger partial charge in [-0.3, -0.25) is 0 Å². The molecule has 0 aliphatic heterocycles. The number of aromatic carboxylic acids is 1. The molecule has 0 spiro atoms. The molecule has 56 valence electrons. The summed E-state index contributed by atoms with van der Waals surface area (Å²) < 4.78 is 4.91. The number of H-pyrrole nitrogens is 1. The lowest BCUT2D eigenvalue weighted by Gasteiger charge is -1.81. The van der Waals surface area contributed by atoms with Crippen molar-refractivity contribution >= 4 is 17.1 Å². The maximum atomic E-state index is 10.4. The number of carbonyl (C=O) groups is 1. The number of hydrogen-bond acceptors (Lipinski definition) is 2. The van der Waals surface area contributed by atoms with Gasteiger partial charge in [0.1, 0.15) is 0 Å². The number of nitrogens with one attached hydrogen (secondary N) is 1. The number of aromatic nitrogens is 1. The Hall–Kier alpha value is -1.71. The molecule has 2 aromatic rings. The molecule has 0 bridgehead atoms. The molecule has 4 nitrogen and oxygen atoms in total. The second kappa shape index (κ2) is 1.88. The van der Waals surface area contributed by atoms with Crippen molar-refractivity contribution in [2.45, 2.75) is 0 Å². The average molecular weight is 151 g/mol. The van der Waals surface area contributed by atoms with Crippen LogP contribution in [0.5, 0.6) is 0 Å². The van der Waals surface area contributed by atoms with E-state index in [1.807, 2.05) is 0 Å². The Bertz CT molecular complexity index is 370. The van der Waals surface area contributed by atoms with E-state index in [4.69, 9.17) is 9.52 Å². The molecule has 0 unspecified atom stereocenters. The topological polar surface area (TPSA) is 66.2 Å². The highest BCUT2D eigenvalue weighted by molar-refractivity contribution is 5.90. The van der Waals surface area contributed by atoms with Gasteiger partial charge in [0.2, 0.25) is 11.5 Å². The Labute approximate surface area is 61.4 Å². The van der Waals surface area contributed by atoms with Crippen LogP contribution in [0.4, 0.5) is 0 Å². The summed E-state index contributed by atoms with van der Waals surface area (Å²) in [6, 6.07) is 3.24. The van der Waals surface area contributed by atoms with Gasteiger partial charge in [-0.25, -0.2) is 4.79 Å². The summed E-state index contributed by atoms with van der Waals surface area (Å²) in [5, 5.41) is 9.28. The summed E-state index contributed by atoms with van der Waals surface area (Å²) >= 11 is 0. The second-order valence-corrected chi connectivity index (χ2v) is 2.18. The molecule has 0 fully saturated rings. The highest BCUT2D eigenvalue weighted by atomic mass is 16.4. The van der Waals surface area contributed by atoms with Crippen LogP contribution in [0.15, 0.2) is 22.7 Å². The normalized spacial score (nSPS) is 10.5. The van der Waals surface area contributed by atoms with Crippen LogP contribution in [-0.2, 0) is 0 Å². The lowest BCUT2D eigenvalue weighted by molar-refractivity contribution is 0.0664. The fourth-order valence-corrected chi connectivity index (χ4v) is 0.954. The maximum absolute atomic E-state index is 10.4. The SMILES string of the molecule is O=C(O)c1cc2cc[nH]c2o1. The van der Waals surface area contributed by atoms with E-state index in [1.54, 1.807) is 12.3 Å². The lowest BCUT2D eigenvalue weighted by Crippen LogP contribution is -1.91. The third kappa shape index (κ3) is 0.797. The molecule has 0 aromatic carbocycles. The summed E-state index contributed by atoms with van der Waals surface area (Å²) in [6.45, 7) is 0. The monoisotopic (exact) mass is 151 g/mol. The molecule has 4 heteroatoms. The molecule has 0 aliphatic carbocycles. The van der Waals surface area contributed by atoms with E-state index in [-0.39, 0.29) is 5.76 Å². The molecule has 0 saturated heterocycles. The zero-order valence-corrected chi connectivity index (χ0v) is 5.50. The zero-order valence-electron chi connectivity index (χ0n) is 5.50. The summed E-state index contributed by atoms with van der Waals surface area (Å²) in [6.07, 6.45) is 1.69. The minimum Gasteiger partial charge on any atom is -0.475 e. The van der Waals surface area contributed by atoms with Gasteiger partial charge in [-0.15, -0.1) is 0 Å². The van der Waals surface area contributed by atoms with Gasteiger partial charge in [0.05, 0.1) is 0 Å². The number of carboxylic acids is 1. The largest absolute Gasteiger partial charge is 0.475 e. The van der Waals surface area contributed by atoms with E-state index in [0.29, 0.717) is 5.71 Å². The first kappa shape index (κ1) is 6.03. The Morgan fingerprint density at radius 3 is 3.09 bits per heavy atom. The van der Waals surface area contributed by atoms with Crippen molar-refractivity contribution in [3.05, 3.63) is 24.1 Å². The highest BCUT2D eigenvalue weighted by Gasteiger charge is 2.09. The van der Waals surface area contributed by atoms with E-state index in [0.717, 1.165) is 5.39 Å². The fraction of sp³-hybridized carbons (Fsp3) is 0. The van der Waals surface area contributed by atoms with Gasteiger partial charge >= 0.3 is 5.97 Å². The van der Waals surface area contributed by atoms with Crippen LogP contribution in [0.25, 0.3) is 11.1 Å². The van der Waals surface area contributed by atoms with Crippen molar-refractivity contribution in [1.82, 2.24) is 4.98 Å². The third-order valence-corrected chi connectivity index (χ3v) is 1.45. The smallest absolute Gasteiger partial charge is 0.371 e. The summed E-state index contributed by atoms with van der Waals surface area (Å²) in [4.78, 5) is 13.1. The number of hydrogen-bond donors (Lipinski definition) is 2. The van der Waals surface area contributed by atoms with Gasteiger partial charge in [0.15, 0.2) is 0 Å². The number of aromatic amines is 1. The van der Waals surface area contributed by atoms with Gasteiger partial charge in [-0.1, -0.05) is 0 Å². The maximum Gasteiger partial charge on any atom is 0.371 e. The Balaban J connectivity index is 2.67. The summed E-state index contributed by atoms with van der Waals surface area (Å²) in [5.74, 6) is -1.08. The van der Waals surface area contributed by atoms with Crippen LogP contribution >= 0.6 is 0 Å². The molecule has 0 saturated carbocycles. The van der Waals surface area contributed by atoms with Gasteiger partial charge in [-0.2, -0.15) is 0 Å². The molecule has 0 aliphatic rings. The van der Waals surface area contributed by atoms with Crippen molar-refractivity contribution in [3.63, 3.8) is 0 Å². The second-order valence-electron chi connectivity index (χ2n) is 2.18. The van der Waals surface area contributed by atoms with Gasteiger partial charge < -0.3 is 14.5 Å². The van der Waals surface area contributed by atoms with Crippen LogP contribution in [0.3, 0.4) is 0 Å². The summed E-state index contributed by atoms with van der Waals surface area (Å²) in [5.41, 5.74) is 0.502. The first-order valence-electron chi connectivity index (χ1n) is 3.07. The Morgan fingerprint density at radius 1 is 1.64 bits per heavy atom. The van der Waals surface area contributed by atoms with E-state index in [1.165, 1.54) is 6.07 Å². The molecule has 2 heterocycles. The quantitative estimate of drug-likeness (QED) is 0.648. The fourth-order valence-electron chi connectivity index (χ4n) is 0.954. The van der Waals surface area contributed by atoms with E-state index >= 15 is 0 Å². The summed E-state index contributed by atoms with van der Waals surface area (Å²) in [7, 11) is 0. The van der Waals surface area contributed by atoms with E-state index in [2.05, 4.69) is 4.98 Å². The molecule has 2 aromatic heterocycles. The third-order valence-electron chi connectivity index (χ3n) is 1.45. The highest BCUT2D eigenvalue weighted by Crippen LogP contribution is 2.16. The van der Waals surface area contributed by atoms with Gasteiger partial charge in [-0.05, 0) is 6.07 Å². The predicted molar refractivity (Wildman–Crippen MR) is 37.5 cm³/mol. The van der Waals surface area contributed by atoms with Crippen LogP contribution in [0, 0.1) is 0 Å². The minimum absolute atomic E-state index is 0.0353. The number of fused-ring (bicyclic) bond motifs is 1. The van der Waals surface area contributed by atoms with Crippen molar-refractivity contribution in [2.75, 3.05) is 0 Å². The molecule has 0 radical (unpaired) electrons. The van der Waals surface area contributed by atoms with Crippen LogP contribution < -0.4 is 0 Å². The van der Waals surface area contributed by atoms with E-state index in [9.17, 15) is 4.79 Å². The van der Waals surface area contributed by atoms with Crippen molar-refractivity contribution < 1.29 is 14.3 Å². The Kier molecular flexibility index (Phi) is 1.03. The van der Waals surface area contributed by atoms with Crippen molar-refractivity contribution in [2.24, 2.45) is 0 Å². The standard InChI is InChI=1S/C7H5NO3/c9-7(10)5-3-4-1-2-8-6(4)11-5/h1-3,8H,(H,9,10). The number of furan rings is 1. The van der Waals surface area contributed by atoms with E-state index < -0.39 is 5.97 Å². The minimum atomic E-state index is -1.05. The van der Waals surface area contributed by atoms with Gasteiger partial charge in [0.25, 0.3) is 0 Å².